The summed E-state index contributed by atoms with van der Waals surface area (Å²) in [6.45, 7) is 7.98. The Labute approximate surface area is 249 Å². The van der Waals surface area contributed by atoms with Crippen molar-refractivity contribution >= 4 is 23.8 Å². The number of esters is 2. The maximum Gasteiger partial charge on any atom is 0.312 e. The molecule has 0 radical (unpaired) electrons. The average molecular weight is 599 g/mol. The van der Waals surface area contributed by atoms with E-state index in [9.17, 15) is 19.2 Å². The number of aliphatic carboxylic acids is 1. The second kappa shape index (κ2) is 15.4. The largest absolute Gasteiger partial charge is 0.481 e. The third-order valence-corrected chi connectivity index (χ3v) is 9.22. The van der Waals surface area contributed by atoms with Gasteiger partial charge in [0.2, 0.25) is 5.91 Å². The Morgan fingerprint density at radius 1 is 0.667 bits per heavy atom. The van der Waals surface area contributed by atoms with Crippen molar-refractivity contribution in [3.8, 4) is 0 Å². The lowest BCUT2D eigenvalue weighted by Crippen LogP contribution is -2.52. The van der Waals surface area contributed by atoms with E-state index in [0.29, 0.717) is 0 Å². The highest BCUT2D eigenvalue weighted by molar-refractivity contribution is 5.87. The van der Waals surface area contributed by atoms with Gasteiger partial charge in [-0.2, -0.15) is 0 Å². The van der Waals surface area contributed by atoms with Gasteiger partial charge in [-0.3, -0.25) is 19.2 Å². The molecular formula is C29H50N4O9. The van der Waals surface area contributed by atoms with Crippen LogP contribution in [0.1, 0.15) is 33.1 Å². The van der Waals surface area contributed by atoms with E-state index >= 15 is 0 Å². The molecule has 4 bridgehead atoms. The highest BCUT2D eigenvalue weighted by atomic mass is 16.5. The van der Waals surface area contributed by atoms with Crippen LogP contribution < -0.4 is 5.32 Å². The van der Waals surface area contributed by atoms with Crippen LogP contribution in [0, 0.1) is 23.7 Å². The van der Waals surface area contributed by atoms with Gasteiger partial charge < -0.3 is 44.1 Å². The molecule has 6 aliphatic heterocycles. The molecule has 0 spiro atoms. The molecule has 6 heterocycles. The third kappa shape index (κ3) is 7.60. The summed E-state index contributed by atoms with van der Waals surface area (Å²) in [6, 6.07) is 0. The zero-order chi connectivity index (χ0) is 29.7. The number of ether oxygens (including phenoxy) is 4. The van der Waals surface area contributed by atoms with Gasteiger partial charge in [-0.1, -0.05) is 7.43 Å². The van der Waals surface area contributed by atoms with Gasteiger partial charge >= 0.3 is 17.9 Å². The van der Waals surface area contributed by atoms with Crippen molar-refractivity contribution in [2.24, 2.45) is 23.7 Å². The highest BCUT2D eigenvalue weighted by Gasteiger charge is 2.57. The molecule has 0 aliphatic carbocycles. The lowest BCUT2D eigenvalue weighted by molar-refractivity contribution is -0.156. The van der Waals surface area contributed by atoms with E-state index in [0.717, 1.165) is 65.0 Å². The Hall–Kier alpha value is -2.32. The number of fused-ring (bicyclic) bond motifs is 4. The zero-order valence-corrected chi connectivity index (χ0v) is 24.7. The number of nitrogens with one attached hydrogen (secondary N) is 1. The van der Waals surface area contributed by atoms with Crippen molar-refractivity contribution in [2.45, 2.75) is 57.5 Å². The highest BCUT2D eigenvalue weighted by Crippen LogP contribution is 2.45. The van der Waals surface area contributed by atoms with Gasteiger partial charge in [-0.25, -0.2) is 0 Å². The molecule has 0 saturated carbocycles. The Morgan fingerprint density at radius 3 is 1.48 bits per heavy atom. The smallest absolute Gasteiger partial charge is 0.312 e. The first-order chi connectivity index (χ1) is 19.7. The first-order valence-corrected chi connectivity index (χ1v) is 14.7. The van der Waals surface area contributed by atoms with Gasteiger partial charge in [0.25, 0.3) is 0 Å². The fraction of sp³-hybridized carbons (Fsp3) is 0.862. The van der Waals surface area contributed by atoms with Crippen LogP contribution in [0.15, 0.2) is 0 Å². The second-order valence-corrected chi connectivity index (χ2v) is 11.8. The molecule has 13 heteroatoms. The predicted octanol–water partition coefficient (Wildman–Crippen LogP) is -0.0779. The maximum atomic E-state index is 12.7. The van der Waals surface area contributed by atoms with Gasteiger partial charge in [0.1, 0.15) is 0 Å². The van der Waals surface area contributed by atoms with Crippen molar-refractivity contribution in [1.82, 2.24) is 20.0 Å². The molecule has 6 saturated heterocycles. The van der Waals surface area contributed by atoms with E-state index in [4.69, 9.17) is 19.3 Å². The van der Waals surface area contributed by atoms with E-state index in [1.807, 2.05) is 4.90 Å². The number of amides is 1. The summed E-state index contributed by atoms with van der Waals surface area (Å²) in [5.41, 5.74) is 0. The standard InChI is InChI=1S/C14H22N2O4.C9H12O5.C5H12N2.CH4/c1-15-5-7-16(8-6-15)13(17)11-9-3-4-10(20-9)12(11)14(18)19-2;1-13-9(12)7-5-3-2-4(14-5)6(7)8(10)11;1-7-4-2-6-3-5-7;/h9-12H,3-8H2,1-2H3;4-7H,2-3H2,1H3,(H,10,11);6H,2-5H2,1H3;1H4. The summed E-state index contributed by atoms with van der Waals surface area (Å²) in [6.07, 6.45) is 2.43. The fourth-order valence-corrected chi connectivity index (χ4v) is 6.87. The molecule has 0 aromatic rings. The molecule has 6 aliphatic rings. The summed E-state index contributed by atoms with van der Waals surface area (Å²) < 4.78 is 20.7. The number of carbonyl (C=O) groups is 4. The fourth-order valence-electron chi connectivity index (χ4n) is 6.87. The predicted molar refractivity (Wildman–Crippen MR) is 153 cm³/mol. The SMILES string of the molecule is C.CN1CCNCC1.COC(=O)C1C2CCC(O2)C1C(=O)N1CCN(C)CC1.COC(=O)C1C2CCC(O2)C1C(=O)O. The first kappa shape index (κ1) is 34.2. The lowest BCUT2D eigenvalue weighted by Gasteiger charge is -2.36. The Morgan fingerprint density at radius 2 is 1.07 bits per heavy atom. The Kier molecular flexibility index (Phi) is 12.5. The van der Waals surface area contributed by atoms with Crippen LogP contribution in [0.25, 0.3) is 0 Å². The molecule has 13 nitrogen and oxygen atoms in total. The van der Waals surface area contributed by atoms with E-state index in [2.05, 4.69) is 33.9 Å². The van der Waals surface area contributed by atoms with Crippen LogP contribution in [0.3, 0.4) is 0 Å². The monoisotopic (exact) mass is 598 g/mol. The summed E-state index contributed by atoms with van der Waals surface area (Å²) >= 11 is 0. The number of rotatable bonds is 4. The minimum Gasteiger partial charge on any atom is -0.481 e. The van der Waals surface area contributed by atoms with Crippen LogP contribution in [0.5, 0.6) is 0 Å². The molecule has 6 rings (SSSR count). The molecule has 42 heavy (non-hydrogen) atoms. The molecular weight excluding hydrogens is 548 g/mol. The number of carboxylic acids is 1. The van der Waals surface area contributed by atoms with Crippen molar-refractivity contribution < 1.29 is 43.2 Å². The van der Waals surface area contributed by atoms with Gasteiger partial charge in [-0.05, 0) is 39.8 Å². The molecule has 8 unspecified atom stereocenters. The van der Waals surface area contributed by atoms with E-state index in [1.165, 1.54) is 27.3 Å². The Bertz CT molecular complexity index is 938. The average Bonchev–Trinajstić information content (AvgIpc) is 3.79. The number of likely N-dealkylation sites (N-methyl/N-ethyl adjacent to an activating group) is 2. The van der Waals surface area contributed by atoms with Gasteiger partial charge in [0, 0.05) is 52.4 Å². The van der Waals surface area contributed by atoms with Crippen LogP contribution in [-0.2, 0) is 38.1 Å². The summed E-state index contributed by atoms with van der Waals surface area (Å²) in [5, 5.41) is 12.2. The number of methoxy groups -OCH3 is 2. The first-order valence-electron chi connectivity index (χ1n) is 14.7. The number of hydrogen-bond donors (Lipinski definition) is 2. The van der Waals surface area contributed by atoms with Crippen molar-refractivity contribution in [2.75, 3.05) is 80.7 Å². The molecule has 1 amide bonds. The third-order valence-electron chi connectivity index (χ3n) is 9.22. The summed E-state index contributed by atoms with van der Waals surface area (Å²) in [4.78, 5) is 53.4. The van der Waals surface area contributed by atoms with Crippen molar-refractivity contribution in [3.63, 3.8) is 0 Å². The quantitative estimate of drug-likeness (QED) is 0.417. The lowest BCUT2D eigenvalue weighted by atomic mass is 9.78. The van der Waals surface area contributed by atoms with Crippen LogP contribution in [-0.4, -0.2) is 149 Å². The molecule has 0 aromatic heterocycles. The Balaban J connectivity index is 0.000000191. The summed E-state index contributed by atoms with van der Waals surface area (Å²) in [7, 11) is 6.86. The van der Waals surface area contributed by atoms with Crippen molar-refractivity contribution in [1.29, 1.82) is 0 Å². The molecule has 2 N–H and O–H groups in total. The minimum atomic E-state index is -0.965. The summed E-state index contributed by atoms with van der Waals surface area (Å²) in [5.74, 6) is -3.75. The number of hydrogen-bond acceptors (Lipinski definition) is 11. The van der Waals surface area contributed by atoms with Crippen molar-refractivity contribution in [3.05, 3.63) is 0 Å². The van der Waals surface area contributed by atoms with Gasteiger partial charge in [0.05, 0.1) is 62.3 Å². The van der Waals surface area contributed by atoms with Gasteiger partial charge in [-0.15, -0.1) is 0 Å². The molecule has 0 aromatic carbocycles. The normalized spacial score (nSPS) is 35.2. The number of piperazine rings is 2. The molecule has 240 valence electrons. The number of carbonyl (C=O) groups excluding carboxylic acids is 3. The minimum absolute atomic E-state index is 0. The topological polar surface area (TPSA) is 147 Å². The van der Waals surface area contributed by atoms with Gasteiger partial charge in [0.15, 0.2) is 0 Å². The number of carboxylic acid groups (broad SMARTS) is 1. The second-order valence-electron chi connectivity index (χ2n) is 11.8. The van der Waals surface area contributed by atoms with E-state index < -0.39 is 29.7 Å². The molecule has 6 fully saturated rings. The zero-order valence-electron chi connectivity index (χ0n) is 24.7. The maximum absolute atomic E-state index is 12.7. The van der Waals surface area contributed by atoms with Crippen LogP contribution >= 0.6 is 0 Å². The van der Waals surface area contributed by atoms with E-state index in [1.54, 1.807) is 0 Å². The van der Waals surface area contributed by atoms with E-state index in [-0.39, 0.29) is 49.6 Å². The molecule has 8 atom stereocenters. The van der Waals surface area contributed by atoms with Crippen LogP contribution in [0.2, 0.25) is 0 Å². The van der Waals surface area contributed by atoms with Crippen LogP contribution in [0.4, 0.5) is 0 Å². The number of nitrogens with zero attached hydrogens (tertiary/aromatic N) is 3.